The molecular formula is C15H21BrN2O3. The van der Waals surface area contributed by atoms with Crippen molar-refractivity contribution in [1.29, 1.82) is 0 Å². The van der Waals surface area contributed by atoms with Crippen LogP contribution in [0.1, 0.15) is 44.1 Å². The molecule has 0 amide bonds. The van der Waals surface area contributed by atoms with Crippen molar-refractivity contribution < 1.29 is 10.0 Å². The maximum Gasteiger partial charge on any atom is 0.283 e. The summed E-state index contributed by atoms with van der Waals surface area (Å²) in [6, 6.07) is 5.10. The molecule has 0 aliphatic heterocycles. The molecule has 1 fully saturated rings. The maximum atomic E-state index is 10.9. The lowest BCUT2D eigenvalue weighted by Crippen LogP contribution is -2.39. The van der Waals surface area contributed by atoms with Gasteiger partial charge in [0, 0.05) is 19.2 Å². The Hall–Kier alpha value is -0.980. The molecule has 2 rings (SSSR count). The topological polar surface area (TPSA) is 75.4 Å². The number of aliphatic hydroxyl groups is 1. The molecule has 0 atom stereocenters. The van der Waals surface area contributed by atoms with Crippen LogP contribution in [-0.2, 0) is 6.54 Å². The Morgan fingerprint density at radius 2 is 1.95 bits per heavy atom. The monoisotopic (exact) mass is 356 g/mol. The lowest BCUT2D eigenvalue weighted by Gasteiger charge is -2.27. The van der Waals surface area contributed by atoms with Gasteiger partial charge in [-0.15, -0.1) is 0 Å². The van der Waals surface area contributed by atoms with Gasteiger partial charge in [-0.05, 0) is 40.4 Å². The fourth-order valence-corrected chi connectivity index (χ4v) is 3.20. The van der Waals surface area contributed by atoms with E-state index >= 15 is 0 Å². The SMILES string of the molecule is O=[N+]([O-])c1cc(CNCC2(O)CCCCCC2)ccc1Br. The molecule has 1 aliphatic rings. The average molecular weight is 357 g/mol. The van der Waals surface area contributed by atoms with Gasteiger partial charge in [0.25, 0.3) is 5.69 Å². The van der Waals surface area contributed by atoms with Crippen LogP contribution in [-0.4, -0.2) is 22.2 Å². The molecule has 0 unspecified atom stereocenters. The second kappa shape index (κ2) is 7.33. The third kappa shape index (κ3) is 4.76. The molecule has 0 bridgehead atoms. The minimum Gasteiger partial charge on any atom is -0.389 e. The standard InChI is InChI=1S/C15H21BrN2O3/c16-13-6-5-12(9-14(13)18(20)21)10-17-11-15(19)7-3-1-2-4-8-15/h5-6,9,17,19H,1-4,7-8,10-11H2. The minimum atomic E-state index is -0.627. The van der Waals surface area contributed by atoms with Crippen LogP contribution in [0.25, 0.3) is 0 Å². The van der Waals surface area contributed by atoms with E-state index in [9.17, 15) is 15.2 Å². The van der Waals surface area contributed by atoms with Crippen molar-refractivity contribution in [3.05, 3.63) is 38.3 Å². The first-order valence-electron chi connectivity index (χ1n) is 7.36. The maximum absolute atomic E-state index is 10.9. The highest BCUT2D eigenvalue weighted by molar-refractivity contribution is 9.10. The molecule has 2 N–H and O–H groups in total. The zero-order chi connectivity index (χ0) is 15.3. The van der Waals surface area contributed by atoms with Crippen LogP contribution >= 0.6 is 15.9 Å². The van der Waals surface area contributed by atoms with Crippen LogP contribution in [0.5, 0.6) is 0 Å². The summed E-state index contributed by atoms with van der Waals surface area (Å²) in [5, 5.41) is 24.7. The largest absolute Gasteiger partial charge is 0.389 e. The van der Waals surface area contributed by atoms with E-state index in [-0.39, 0.29) is 5.69 Å². The summed E-state index contributed by atoms with van der Waals surface area (Å²) in [6.07, 6.45) is 6.20. The second-order valence-corrected chi connectivity index (χ2v) is 6.64. The highest BCUT2D eigenvalue weighted by Crippen LogP contribution is 2.27. The summed E-state index contributed by atoms with van der Waals surface area (Å²) in [5.41, 5.74) is 0.294. The lowest BCUT2D eigenvalue weighted by molar-refractivity contribution is -0.385. The zero-order valence-corrected chi connectivity index (χ0v) is 13.6. The Morgan fingerprint density at radius 1 is 1.29 bits per heavy atom. The van der Waals surface area contributed by atoms with Crippen LogP contribution < -0.4 is 5.32 Å². The van der Waals surface area contributed by atoms with Crippen molar-refractivity contribution >= 4 is 21.6 Å². The summed E-state index contributed by atoms with van der Waals surface area (Å²) >= 11 is 3.18. The van der Waals surface area contributed by atoms with Crippen molar-refractivity contribution in [3.63, 3.8) is 0 Å². The van der Waals surface area contributed by atoms with Crippen LogP contribution in [0.15, 0.2) is 22.7 Å². The van der Waals surface area contributed by atoms with Gasteiger partial charge in [0.05, 0.1) is 15.0 Å². The summed E-state index contributed by atoms with van der Waals surface area (Å²) < 4.78 is 0.485. The van der Waals surface area contributed by atoms with E-state index in [1.807, 2.05) is 6.07 Å². The number of nitrogens with zero attached hydrogens (tertiary/aromatic N) is 1. The Balaban J connectivity index is 1.91. The molecule has 21 heavy (non-hydrogen) atoms. The van der Waals surface area contributed by atoms with Gasteiger partial charge in [-0.25, -0.2) is 0 Å². The molecule has 0 heterocycles. The van der Waals surface area contributed by atoms with Crippen LogP contribution in [0.4, 0.5) is 5.69 Å². The summed E-state index contributed by atoms with van der Waals surface area (Å²) in [7, 11) is 0. The van der Waals surface area contributed by atoms with E-state index in [1.54, 1.807) is 12.1 Å². The van der Waals surface area contributed by atoms with Gasteiger partial charge in [-0.3, -0.25) is 10.1 Å². The quantitative estimate of drug-likeness (QED) is 0.480. The highest BCUT2D eigenvalue weighted by atomic mass is 79.9. The Labute approximate surface area is 133 Å². The van der Waals surface area contributed by atoms with E-state index in [0.29, 0.717) is 17.6 Å². The smallest absolute Gasteiger partial charge is 0.283 e. The number of nitro groups is 1. The zero-order valence-electron chi connectivity index (χ0n) is 12.0. The fourth-order valence-electron chi connectivity index (χ4n) is 2.81. The van der Waals surface area contributed by atoms with E-state index < -0.39 is 10.5 Å². The molecule has 116 valence electrons. The molecule has 1 aliphatic carbocycles. The van der Waals surface area contributed by atoms with Crippen molar-refractivity contribution in [2.24, 2.45) is 0 Å². The van der Waals surface area contributed by atoms with Crippen molar-refractivity contribution in [2.45, 2.75) is 50.7 Å². The summed E-state index contributed by atoms with van der Waals surface area (Å²) in [5.74, 6) is 0. The molecule has 1 aromatic rings. The van der Waals surface area contributed by atoms with Crippen molar-refractivity contribution in [3.8, 4) is 0 Å². The summed E-state index contributed by atoms with van der Waals surface area (Å²) in [4.78, 5) is 10.5. The van der Waals surface area contributed by atoms with Crippen LogP contribution in [0.3, 0.4) is 0 Å². The minimum absolute atomic E-state index is 0.0717. The van der Waals surface area contributed by atoms with Gasteiger partial charge in [-0.1, -0.05) is 31.7 Å². The number of hydrogen-bond acceptors (Lipinski definition) is 4. The number of nitro benzene ring substituents is 1. The van der Waals surface area contributed by atoms with Gasteiger partial charge in [0.15, 0.2) is 0 Å². The molecule has 5 nitrogen and oxygen atoms in total. The number of rotatable bonds is 5. The second-order valence-electron chi connectivity index (χ2n) is 5.78. The molecule has 1 aromatic carbocycles. The van der Waals surface area contributed by atoms with E-state index in [0.717, 1.165) is 31.2 Å². The van der Waals surface area contributed by atoms with Crippen LogP contribution in [0, 0.1) is 10.1 Å². The predicted molar refractivity (Wildman–Crippen MR) is 85.2 cm³/mol. The Morgan fingerprint density at radius 3 is 2.57 bits per heavy atom. The first-order valence-corrected chi connectivity index (χ1v) is 8.15. The third-order valence-corrected chi connectivity index (χ3v) is 4.70. The van der Waals surface area contributed by atoms with E-state index in [4.69, 9.17) is 0 Å². The first kappa shape index (κ1) is 16.4. The predicted octanol–water partition coefficient (Wildman–Crippen LogP) is 3.53. The van der Waals surface area contributed by atoms with E-state index in [2.05, 4.69) is 21.2 Å². The molecule has 0 saturated heterocycles. The van der Waals surface area contributed by atoms with Gasteiger partial charge < -0.3 is 10.4 Å². The first-order chi connectivity index (χ1) is 10.0. The van der Waals surface area contributed by atoms with Crippen molar-refractivity contribution in [1.82, 2.24) is 5.32 Å². The molecular weight excluding hydrogens is 336 g/mol. The molecule has 0 radical (unpaired) electrons. The number of hydrogen-bond donors (Lipinski definition) is 2. The van der Waals surface area contributed by atoms with Gasteiger partial charge in [-0.2, -0.15) is 0 Å². The van der Waals surface area contributed by atoms with Gasteiger partial charge >= 0.3 is 0 Å². The molecule has 0 aromatic heterocycles. The van der Waals surface area contributed by atoms with E-state index in [1.165, 1.54) is 12.8 Å². The van der Waals surface area contributed by atoms with Crippen molar-refractivity contribution in [2.75, 3.05) is 6.54 Å². The summed E-state index contributed by atoms with van der Waals surface area (Å²) in [6.45, 7) is 1.06. The fraction of sp³-hybridized carbons (Fsp3) is 0.600. The van der Waals surface area contributed by atoms with Gasteiger partial charge in [0.2, 0.25) is 0 Å². The molecule has 0 spiro atoms. The van der Waals surface area contributed by atoms with Crippen LogP contribution in [0.2, 0.25) is 0 Å². The Kier molecular flexibility index (Phi) is 5.72. The third-order valence-electron chi connectivity index (χ3n) is 4.02. The molecule has 1 saturated carbocycles. The Bertz CT molecular complexity index is 500. The highest BCUT2D eigenvalue weighted by Gasteiger charge is 2.27. The van der Waals surface area contributed by atoms with Gasteiger partial charge in [0.1, 0.15) is 0 Å². The normalized spacial score (nSPS) is 18.2. The average Bonchev–Trinajstić information content (AvgIpc) is 2.65. The lowest BCUT2D eigenvalue weighted by atomic mass is 9.94. The number of benzene rings is 1. The number of nitrogens with one attached hydrogen (secondary N) is 1. The molecule has 6 heteroatoms. The number of halogens is 1.